The molecule has 7 heteroatoms. The average molecular weight is 338 g/mol. The van der Waals surface area contributed by atoms with Gasteiger partial charge in [-0.1, -0.05) is 12.1 Å². The molecule has 2 aromatic heterocycles. The lowest BCUT2D eigenvalue weighted by Crippen LogP contribution is -2.46. The molecule has 0 atom stereocenters. The number of hydrogen-bond acceptors (Lipinski definition) is 6. The average Bonchev–Trinajstić information content (AvgIpc) is 3.04. The van der Waals surface area contributed by atoms with Crippen LogP contribution >= 0.6 is 0 Å². The summed E-state index contributed by atoms with van der Waals surface area (Å²) in [6.07, 6.45) is 3.48. The van der Waals surface area contributed by atoms with E-state index in [4.69, 9.17) is 4.74 Å². The maximum atomic E-state index is 5.22. The predicted octanol–water partition coefficient (Wildman–Crippen LogP) is 1.69. The van der Waals surface area contributed by atoms with E-state index in [1.807, 2.05) is 25.4 Å². The van der Waals surface area contributed by atoms with Crippen LogP contribution in [0.5, 0.6) is 5.75 Å². The lowest BCUT2D eigenvalue weighted by Gasteiger charge is -2.35. The number of anilines is 1. The molecular weight excluding hydrogens is 316 g/mol. The van der Waals surface area contributed by atoms with E-state index in [1.165, 1.54) is 5.56 Å². The van der Waals surface area contributed by atoms with Crippen molar-refractivity contribution in [2.45, 2.75) is 6.54 Å². The molecule has 1 aromatic carbocycles. The van der Waals surface area contributed by atoms with E-state index in [0.29, 0.717) is 0 Å². The second kappa shape index (κ2) is 6.68. The van der Waals surface area contributed by atoms with Crippen LogP contribution in [0.2, 0.25) is 0 Å². The van der Waals surface area contributed by atoms with Gasteiger partial charge in [0.05, 0.1) is 18.7 Å². The van der Waals surface area contributed by atoms with Crippen molar-refractivity contribution in [3.05, 3.63) is 42.4 Å². The van der Waals surface area contributed by atoms with Crippen molar-refractivity contribution in [3.8, 4) is 5.75 Å². The number of hydrogen-bond donors (Lipinski definition) is 0. The lowest BCUT2D eigenvalue weighted by molar-refractivity contribution is 0.249. The Hall–Kier alpha value is -2.67. The van der Waals surface area contributed by atoms with Crippen LogP contribution in [0.15, 0.2) is 36.8 Å². The Balaban J connectivity index is 1.42. The highest BCUT2D eigenvalue weighted by Gasteiger charge is 2.21. The fourth-order valence-electron chi connectivity index (χ4n) is 3.31. The second-order valence-corrected chi connectivity index (χ2v) is 6.31. The molecule has 1 saturated heterocycles. The summed E-state index contributed by atoms with van der Waals surface area (Å²) in [5, 5.41) is 5.32. The zero-order valence-electron chi connectivity index (χ0n) is 14.6. The highest BCUT2D eigenvalue weighted by atomic mass is 16.5. The maximum Gasteiger partial charge on any atom is 0.163 e. The van der Waals surface area contributed by atoms with E-state index in [-0.39, 0.29) is 0 Å². The predicted molar refractivity (Wildman–Crippen MR) is 96.8 cm³/mol. The van der Waals surface area contributed by atoms with Gasteiger partial charge in [0.25, 0.3) is 0 Å². The molecule has 0 saturated carbocycles. The molecule has 0 aliphatic carbocycles. The first-order chi connectivity index (χ1) is 12.2. The van der Waals surface area contributed by atoms with Crippen molar-refractivity contribution in [3.63, 3.8) is 0 Å². The second-order valence-electron chi connectivity index (χ2n) is 6.31. The van der Waals surface area contributed by atoms with Gasteiger partial charge in [-0.2, -0.15) is 5.10 Å². The number of aromatic nitrogens is 4. The maximum absolute atomic E-state index is 5.22. The summed E-state index contributed by atoms with van der Waals surface area (Å²) >= 11 is 0. The van der Waals surface area contributed by atoms with E-state index in [2.05, 4.69) is 37.0 Å². The van der Waals surface area contributed by atoms with Crippen molar-refractivity contribution in [2.75, 3.05) is 38.2 Å². The quantitative estimate of drug-likeness (QED) is 0.722. The van der Waals surface area contributed by atoms with Crippen molar-refractivity contribution >= 4 is 16.9 Å². The van der Waals surface area contributed by atoms with Crippen molar-refractivity contribution in [1.82, 2.24) is 24.6 Å². The molecule has 0 unspecified atom stereocenters. The van der Waals surface area contributed by atoms with E-state index in [0.717, 1.165) is 55.3 Å². The Bertz CT molecular complexity index is 852. The Morgan fingerprint density at radius 1 is 1.04 bits per heavy atom. The third-order valence-corrected chi connectivity index (χ3v) is 4.75. The molecule has 3 heterocycles. The minimum atomic E-state index is 0.880. The molecule has 1 aliphatic heterocycles. The topological polar surface area (TPSA) is 59.3 Å². The summed E-state index contributed by atoms with van der Waals surface area (Å²) in [4.78, 5) is 13.6. The number of ether oxygens (including phenoxy) is 1. The van der Waals surface area contributed by atoms with Gasteiger partial charge in [0, 0.05) is 39.8 Å². The van der Waals surface area contributed by atoms with Crippen molar-refractivity contribution < 1.29 is 4.74 Å². The smallest absolute Gasteiger partial charge is 0.163 e. The fourth-order valence-corrected chi connectivity index (χ4v) is 3.31. The van der Waals surface area contributed by atoms with Crippen LogP contribution in [0.4, 0.5) is 5.82 Å². The molecule has 0 N–H and O–H groups in total. The van der Waals surface area contributed by atoms with Gasteiger partial charge in [-0.05, 0) is 17.7 Å². The van der Waals surface area contributed by atoms with E-state index in [9.17, 15) is 0 Å². The molecular formula is C18H22N6O. The SMILES string of the molecule is COc1ccc(CN2CCN(c3ncnc4c3cnn4C)CC2)cc1. The normalized spacial score (nSPS) is 15.7. The molecule has 0 spiro atoms. The van der Waals surface area contributed by atoms with E-state index >= 15 is 0 Å². The van der Waals surface area contributed by atoms with Gasteiger partial charge in [-0.25, -0.2) is 9.97 Å². The van der Waals surface area contributed by atoms with E-state index < -0.39 is 0 Å². The third-order valence-electron chi connectivity index (χ3n) is 4.75. The van der Waals surface area contributed by atoms with Crippen LogP contribution in [0.25, 0.3) is 11.0 Å². The fraction of sp³-hybridized carbons (Fsp3) is 0.389. The number of methoxy groups -OCH3 is 1. The first-order valence-corrected chi connectivity index (χ1v) is 8.47. The summed E-state index contributed by atoms with van der Waals surface area (Å²) in [7, 11) is 3.60. The molecule has 1 fully saturated rings. The Morgan fingerprint density at radius 3 is 2.52 bits per heavy atom. The van der Waals surface area contributed by atoms with Crippen molar-refractivity contribution in [1.29, 1.82) is 0 Å². The lowest BCUT2D eigenvalue weighted by atomic mass is 10.2. The van der Waals surface area contributed by atoms with Gasteiger partial charge < -0.3 is 9.64 Å². The largest absolute Gasteiger partial charge is 0.497 e. The zero-order chi connectivity index (χ0) is 17.2. The summed E-state index contributed by atoms with van der Waals surface area (Å²) < 4.78 is 7.01. The highest BCUT2D eigenvalue weighted by Crippen LogP contribution is 2.23. The van der Waals surface area contributed by atoms with Crippen LogP contribution in [0, 0.1) is 0 Å². The molecule has 130 valence electrons. The Morgan fingerprint density at radius 2 is 1.80 bits per heavy atom. The summed E-state index contributed by atoms with van der Waals surface area (Å²) in [5.41, 5.74) is 2.19. The number of aryl methyl sites for hydroxylation is 1. The van der Waals surface area contributed by atoms with Gasteiger partial charge in [0.1, 0.15) is 17.9 Å². The number of fused-ring (bicyclic) bond motifs is 1. The minimum Gasteiger partial charge on any atom is -0.497 e. The van der Waals surface area contributed by atoms with Crippen LogP contribution in [0.1, 0.15) is 5.56 Å². The number of benzene rings is 1. The van der Waals surface area contributed by atoms with Gasteiger partial charge in [-0.15, -0.1) is 0 Å². The van der Waals surface area contributed by atoms with Gasteiger partial charge >= 0.3 is 0 Å². The standard InChI is InChI=1S/C18H22N6O/c1-22-17-16(11-21-22)18(20-13-19-17)24-9-7-23(8-10-24)12-14-3-5-15(25-2)6-4-14/h3-6,11,13H,7-10,12H2,1-2H3. The molecule has 0 bridgehead atoms. The van der Waals surface area contributed by atoms with Crippen LogP contribution in [-0.4, -0.2) is 57.9 Å². The van der Waals surface area contributed by atoms with Gasteiger partial charge in [0.2, 0.25) is 0 Å². The summed E-state index contributed by atoms with van der Waals surface area (Å²) in [6, 6.07) is 8.31. The van der Waals surface area contributed by atoms with Gasteiger partial charge in [-0.3, -0.25) is 9.58 Å². The molecule has 25 heavy (non-hydrogen) atoms. The Labute approximate surface area is 146 Å². The molecule has 4 rings (SSSR count). The molecule has 0 radical (unpaired) electrons. The molecule has 1 aliphatic rings. The Kier molecular flexibility index (Phi) is 4.23. The monoisotopic (exact) mass is 338 g/mol. The highest BCUT2D eigenvalue weighted by molar-refractivity contribution is 5.86. The molecule has 7 nitrogen and oxygen atoms in total. The number of rotatable bonds is 4. The summed E-state index contributed by atoms with van der Waals surface area (Å²) in [6.45, 7) is 4.90. The van der Waals surface area contributed by atoms with E-state index in [1.54, 1.807) is 18.1 Å². The van der Waals surface area contributed by atoms with Crippen LogP contribution < -0.4 is 9.64 Å². The van der Waals surface area contributed by atoms with Crippen molar-refractivity contribution in [2.24, 2.45) is 7.05 Å². The summed E-state index contributed by atoms with van der Waals surface area (Å²) in [5.74, 6) is 1.89. The minimum absolute atomic E-state index is 0.880. The molecule has 0 amide bonds. The molecule has 3 aromatic rings. The first kappa shape index (κ1) is 15.8. The van der Waals surface area contributed by atoms with Crippen LogP contribution in [-0.2, 0) is 13.6 Å². The van der Waals surface area contributed by atoms with Crippen LogP contribution in [0.3, 0.4) is 0 Å². The van der Waals surface area contributed by atoms with Gasteiger partial charge in [0.15, 0.2) is 5.65 Å². The third kappa shape index (κ3) is 3.15. The zero-order valence-corrected chi connectivity index (χ0v) is 14.6. The number of piperazine rings is 1. The first-order valence-electron chi connectivity index (χ1n) is 8.47. The number of nitrogens with zero attached hydrogens (tertiary/aromatic N) is 6.